The number of rotatable bonds is 6. The van der Waals surface area contributed by atoms with Crippen LogP contribution in [0.3, 0.4) is 0 Å². The average Bonchev–Trinajstić information content (AvgIpc) is 2.35. The normalized spacial score (nSPS) is 11.2. The van der Waals surface area contributed by atoms with E-state index in [0.717, 1.165) is 5.69 Å². The van der Waals surface area contributed by atoms with Gasteiger partial charge in [0.05, 0.1) is 12.9 Å². The van der Waals surface area contributed by atoms with Gasteiger partial charge in [0, 0.05) is 12.2 Å². The van der Waals surface area contributed by atoms with Crippen molar-refractivity contribution in [3.8, 4) is 0 Å². The van der Waals surface area contributed by atoms with Crippen molar-refractivity contribution in [2.75, 3.05) is 24.7 Å². The van der Waals surface area contributed by atoms with Gasteiger partial charge < -0.3 is 10.6 Å². The van der Waals surface area contributed by atoms with Crippen LogP contribution in [-0.4, -0.2) is 29.6 Å². The van der Waals surface area contributed by atoms with E-state index >= 15 is 0 Å². The molecule has 0 saturated carbocycles. The van der Waals surface area contributed by atoms with Crippen molar-refractivity contribution in [2.24, 2.45) is 0 Å². The highest BCUT2D eigenvalue weighted by molar-refractivity contribution is 7.80. The van der Waals surface area contributed by atoms with Gasteiger partial charge in [0.1, 0.15) is 0 Å². The SMILES string of the molecule is C.COS(=O)CCCNC(=O)Nc1ccccc1. The molecule has 0 aliphatic heterocycles. The van der Waals surface area contributed by atoms with Crippen LogP contribution < -0.4 is 10.6 Å². The van der Waals surface area contributed by atoms with Crippen LogP contribution in [0.2, 0.25) is 0 Å². The lowest BCUT2D eigenvalue weighted by Crippen LogP contribution is -2.30. The molecule has 1 unspecified atom stereocenters. The van der Waals surface area contributed by atoms with Gasteiger partial charge in [-0.25, -0.2) is 9.00 Å². The van der Waals surface area contributed by atoms with Gasteiger partial charge in [-0.3, -0.25) is 4.18 Å². The highest BCUT2D eigenvalue weighted by Crippen LogP contribution is 2.03. The van der Waals surface area contributed by atoms with Crippen molar-refractivity contribution >= 4 is 22.8 Å². The lowest BCUT2D eigenvalue weighted by molar-refractivity contribution is 0.252. The third-order valence-corrected chi connectivity index (χ3v) is 2.98. The van der Waals surface area contributed by atoms with Crippen molar-refractivity contribution in [3.05, 3.63) is 30.3 Å². The third-order valence-electron chi connectivity index (χ3n) is 1.99. The summed E-state index contributed by atoms with van der Waals surface area (Å²) in [5.74, 6) is 0.419. The zero-order valence-corrected chi connectivity index (χ0v) is 10.5. The molecule has 1 atom stereocenters. The molecule has 0 radical (unpaired) electrons. The molecule has 0 aliphatic carbocycles. The first-order valence-electron chi connectivity index (χ1n) is 5.25. The van der Waals surface area contributed by atoms with Gasteiger partial charge >= 0.3 is 6.03 Å². The molecular weight excluding hydrogens is 252 g/mol. The van der Waals surface area contributed by atoms with E-state index in [-0.39, 0.29) is 13.5 Å². The molecule has 0 fully saturated rings. The predicted octanol–water partition coefficient (Wildman–Crippen LogP) is 2.14. The molecule has 0 spiro atoms. The molecule has 5 nitrogen and oxygen atoms in total. The molecule has 1 rings (SSSR count). The maximum absolute atomic E-state index is 11.4. The molecule has 2 amide bonds. The number of para-hydroxylation sites is 1. The first-order valence-corrected chi connectivity index (χ1v) is 6.49. The second-order valence-corrected chi connectivity index (χ2v) is 4.62. The Bertz CT molecular complexity index is 371. The topological polar surface area (TPSA) is 67.4 Å². The van der Waals surface area contributed by atoms with Gasteiger partial charge in [-0.1, -0.05) is 25.6 Å². The fourth-order valence-electron chi connectivity index (χ4n) is 1.17. The zero-order chi connectivity index (χ0) is 12.5. The minimum Gasteiger partial charge on any atom is -0.338 e. The van der Waals surface area contributed by atoms with Gasteiger partial charge in [0.2, 0.25) is 0 Å². The molecule has 18 heavy (non-hydrogen) atoms. The minimum atomic E-state index is -1.25. The van der Waals surface area contributed by atoms with Crippen molar-refractivity contribution < 1.29 is 13.2 Å². The lowest BCUT2D eigenvalue weighted by atomic mass is 10.3. The number of hydrogen-bond acceptors (Lipinski definition) is 3. The van der Waals surface area contributed by atoms with Crippen LogP contribution >= 0.6 is 0 Å². The number of amides is 2. The quantitative estimate of drug-likeness (QED) is 0.780. The summed E-state index contributed by atoms with van der Waals surface area (Å²) >= 11 is -1.25. The summed E-state index contributed by atoms with van der Waals surface area (Å²) in [5.41, 5.74) is 0.741. The van der Waals surface area contributed by atoms with E-state index in [4.69, 9.17) is 0 Å². The summed E-state index contributed by atoms with van der Waals surface area (Å²) in [5, 5.41) is 5.36. The highest BCUT2D eigenvalue weighted by atomic mass is 32.2. The third kappa shape index (κ3) is 7.03. The molecule has 1 aromatic carbocycles. The van der Waals surface area contributed by atoms with Crippen LogP contribution in [0, 0.1) is 0 Å². The average molecular weight is 272 g/mol. The Morgan fingerprint density at radius 2 is 2.00 bits per heavy atom. The maximum atomic E-state index is 11.4. The Kier molecular flexibility index (Phi) is 8.86. The van der Waals surface area contributed by atoms with Crippen LogP contribution in [0.25, 0.3) is 0 Å². The number of carbonyl (C=O) groups excluding carboxylic acids is 1. The molecule has 0 aromatic heterocycles. The van der Waals surface area contributed by atoms with Crippen molar-refractivity contribution in [1.29, 1.82) is 0 Å². The Balaban J connectivity index is 0.00000289. The summed E-state index contributed by atoms with van der Waals surface area (Å²) in [6.45, 7) is 0.466. The molecule has 2 N–H and O–H groups in total. The monoisotopic (exact) mass is 272 g/mol. The van der Waals surface area contributed by atoms with Crippen molar-refractivity contribution in [3.63, 3.8) is 0 Å². The molecular formula is C12H20N2O3S. The molecule has 0 heterocycles. The summed E-state index contributed by atoms with van der Waals surface area (Å²) < 4.78 is 15.5. The second-order valence-electron chi connectivity index (χ2n) is 3.28. The van der Waals surface area contributed by atoms with E-state index in [2.05, 4.69) is 14.8 Å². The zero-order valence-electron chi connectivity index (χ0n) is 9.64. The van der Waals surface area contributed by atoms with Gasteiger partial charge in [0.15, 0.2) is 11.1 Å². The van der Waals surface area contributed by atoms with Crippen LogP contribution in [0.5, 0.6) is 0 Å². The van der Waals surface area contributed by atoms with E-state index < -0.39 is 11.1 Å². The predicted molar refractivity (Wildman–Crippen MR) is 74.8 cm³/mol. The molecule has 102 valence electrons. The van der Waals surface area contributed by atoms with Crippen LogP contribution in [0.4, 0.5) is 10.5 Å². The van der Waals surface area contributed by atoms with E-state index in [9.17, 15) is 9.00 Å². The van der Waals surface area contributed by atoms with E-state index in [1.165, 1.54) is 7.11 Å². The maximum Gasteiger partial charge on any atom is 0.319 e. The van der Waals surface area contributed by atoms with E-state index in [1.54, 1.807) is 12.1 Å². The largest absolute Gasteiger partial charge is 0.338 e. The number of nitrogens with one attached hydrogen (secondary N) is 2. The number of benzene rings is 1. The number of anilines is 1. The molecule has 0 saturated heterocycles. The number of hydrogen-bond donors (Lipinski definition) is 2. The summed E-state index contributed by atoms with van der Waals surface area (Å²) in [6, 6.07) is 8.91. The van der Waals surface area contributed by atoms with Gasteiger partial charge in [0.25, 0.3) is 0 Å². The van der Waals surface area contributed by atoms with Crippen LogP contribution in [0.1, 0.15) is 13.8 Å². The van der Waals surface area contributed by atoms with E-state index in [1.807, 2.05) is 18.2 Å². The van der Waals surface area contributed by atoms with Crippen LogP contribution in [0.15, 0.2) is 30.3 Å². The first kappa shape index (κ1) is 16.6. The van der Waals surface area contributed by atoms with Gasteiger partial charge in [-0.15, -0.1) is 0 Å². The van der Waals surface area contributed by atoms with Crippen molar-refractivity contribution in [2.45, 2.75) is 13.8 Å². The minimum absolute atomic E-state index is 0. The van der Waals surface area contributed by atoms with Gasteiger partial charge in [-0.05, 0) is 18.6 Å². The molecule has 0 aliphatic rings. The fourth-order valence-corrected chi connectivity index (χ4v) is 1.72. The summed E-state index contributed by atoms with van der Waals surface area (Å²) in [7, 11) is 1.39. The second kappa shape index (κ2) is 9.61. The van der Waals surface area contributed by atoms with E-state index in [0.29, 0.717) is 18.7 Å². The first-order chi connectivity index (χ1) is 8.22. The number of carbonyl (C=O) groups is 1. The standard InChI is InChI=1S/C11H16N2O3S.CH4/c1-16-17(15)9-5-8-12-11(14)13-10-6-3-2-4-7-10;/h2-4,6-7H,5,8-9H2,1H3,(H2,12,13,14);1H4. The smallest absolute Gasteiger partial charge is 0.319 e. The summed E-state index contributed by atoms with van der Waals surface area (Å²) in [6.07, 6.45) is 0.614. The highest BCUT2D eigenvalue weighted by Gasteiger charge is 2.01. The summed E-state index contributed by atoms with van der Waals surface area (Å²) in [4.78, 5) is 11.4. The molecule has 0 bridgehead atoms. The Morgan fingerprint density at radius 3 is 2.61 bits per heavy atom. The Labute approximate surface area is 111 Å². The fraction of sp³-hybridized carbons (Fsp3) is 0.417. The van der Waals surface area contributed by atoms with Crippen LogP contribution in [-0.2, 0) is 15.3 Å². The van der Waals surface area contributed by atoms with Gasteiger partial charge in [-0.2, -0.15) is 0 Å². The molecule has 6 heteroatoms. The number of urea groups is 1. The Morgan fingerprint density at radius 1 is 1.33 bits per heavy atom. The lowest BCUT2D eigenvalue weighted by Gasteiger charge is -2.06. The van der Waals surface area contributed by atoms with Crippen molar-refractivity contribution in [1.82, 2.24) is 5.32 Å². The molecule has 1 aromatic rings. The Hall–Kier alpha value is -1.40.